The van der Waals surface area contributed by atoms with Crippen LogP contribution in [-0.4, -0.2) is 9.97 Å². The smallest absolute Gasteiger partial charge is 0.131 e. The third kappa shape index (κ3) is 2.72. The van der Waals surface area contributed by atoms with Crippen LogP contribution in [0.5, 0.6) is 0 Å². The van der Waals surface area contributed by atoms with Crippen molar-refractivity contribution in [1.29, 1.82) is 0 Å². The summed E-state index contributed by atoms with van der Waals surface area (Å²) in [5.74, 6) is 2.54. The maximum absolute atomic E-state index is 5.74. The summed E-state index contributed by atoms with van der Waals surface area (Å²) in [5, 5.41) is 0. The van der Waals surface area contributed by atoms with E-state index < -0.39 is 0 Å². The summed E-state index contributed by atoms with van der Waals surface area (Å²) in [6.07, 6.45) is 6.49. The summed E-state index contributed by atoms with van der Waals surface area (Å²) in [6, 6.07) is 0. The van der Waals surface area contributed by atoms with E-state index in [0.717, 1.165) is 28.7 Å². The molecule has 100 valence electrons. The lowest BCUT2D eigenvalue weighted by atomic mass is 9.80. The Labute approximate surface area is 110 Å². The molecule has 1 aliphatic rings. The van der Waals surface area contributed by atoms with Crippen LogP contribution in [0.4, 0.5) is 0 Å². The number of hydrogen-bond donors (Lipinski definition) is 1. The molecule has 0 unspecified atom stereocenters. The summed E-state index contributed by atoms with van der Waals surface area (Å²) in [7, 11) is 0. The molecule has 2 rings (SSSR count). The molecule has 1 aromatic heterocycles. The lowest BCUT2D eigenvalue weighted by molar-refractivity contribution is 0.311. The number of rotatable bonds is 3. The summed E-state index contributed by atoms with van der Waals surface area (Å²) < 4.78 is 0. The molecule has 0 spiro atoms. The Hall–Kier alpha value is -0.960. The van der Waals surface area contributed by atoms with Gasteiger partial charge >= 0.3 is 0 Å². The molecule has 1 heterocycles. The Kier molecular flexibility index (Phi) is 4.33. The fraction of sp³-hybridized carbons (Fsp3) is 0.733. The molecule has 18 heavy (non-hydrogen) atoms. The minimum absolute atomic E-state index is 0.542. The van der Waals surface area contributed by atoms with E-state index in [9.17, 15) is 0 Å². The van der Waals surface area contributed by atoms with Crippen LogP contribution in [0.15, 0.2) is 0 Å². The highest BCUT2D eigenvalue weighted by atomic mass is 14.9. The Morgan fingerprint density at radius 3 is 2.06 bits per heavy atom. The first-order valence-corrected chi connectivity index (χ1v) is 7.19. The van der Waals surface area contributed by atoms with Crippen molar-refractivity contribution in [2.45, 2.75) is 65.3 Å². The molecule has 0 aliphatic heterocycles. The first kappa shape index (κ1) is 13.5. The van der Waals surface area contributed by atoms with Gasteiger partial charge in [-0.2, -0.15) is 0 Å². The molecule has 1 aromatic rings. The van der Waals surface area contributed by atoms with Crippen LogP contribution in [0.2, 0.25) is 0 Å². The van der Waals surface area contributed by atoms with Gasteiger partial charge in [-0.3, -0.25) is 0 Å². The topological polar surface area (TPSA) is 51.8 Å². The zero-order chi connectivity index (χ0) is 13.1. The van der Waals surface area contributed by atoms with Crippen LogP contribution in [0.25, 0.3) is 0 Å². The van der Waals surface area contributed by atoms with Crippen molar-refractivity contribution in [2.75, 3.05) is 0 Å². The van der Waals surface area contributed by atoms with Gasteiger partial charge in [0.25, 0.3) is 0 Å². The SMILES string of the molecule is CCC1CCC(c2nc(C)c(CN)c(C)n2)CC1. The van der Waals surface area contributed by atoms with E-state index in [1.807, 2.05) is 0 Å². The second kappa shape index (κ2) is 5.79. The van der Waals surface area contributed by atoms with Crippen molar-refractivity contribution < 1.29 is 0 Å². The van der Waals surface area contributed by atoms with Crippen molar-refractivity contribution in [3.8, 4) is 0 Å². The molecule has 0 amide bonds. The molecule has 0 bridgehead atoms. The van der Waals surface area contributed by atoms with E-state index in [-0.39, 0.29) is 0 Å². The van der Waals surface area contributed by atoms with Crippen molar-refractivity contribution in [1.82, 2.24) is 9.97 Å². The maximum Gasteiger partial charge on any atom is 0.131 e. The van der Waals surface area contributed by atoms with Crippen LogP contribution >= 0.6 is 0 Å². The first-order chi connectivity index (χ1) is 8.65. The summed E-state index contributed by atoms with van der Waals surface area (Å²) >= 11 is 0. The summed E-state index contributed by atoms with van der Waals surface area (Å²) in [6.45, 7) is 6.95. The number of hydrogen-bond acceptors (Lipinski definition) is 3. The molecule has 3 heteroatoms. The lowest BCUT2D eigenvalue weighted by Gasteiger charge is -2.27. The van der Waals surface area contributed by atoms with E-state index in [2.05, 4.69) is 30.7 Å². The second-order valence-corrected chi connectivity index (χ2v) is 5.56. The third-order valence-corrected chi connectivity index (χ3v) is 4.43. The molecule has 0 atom stereocenters. The average Bonchev–Trinajstić information content (AvgIpc) is 2.38. The number of aromatic nitrogens is 2. The van der Waals surface area contributed by atoms with Gasteiger partial charge in [0.15, 0.2) is 0 Å². The molecule has 1 saturated carbocycles. The minimum Gasteiger partial charge on any atom is -0.326 e. The van der Waals surface area contributed by atoms with Gasteiger partial charge in [0.05, 0.1) is 0 Å². The highest BCUT2D eigenvalue weighted by Crippen LogP contribution is 2.35. The molecule has 0 radical (unpaired) electrons. The van der Waals surface area contributed by atoms with Gasteiger partial charge in [-0.15, -0.1) is 0 Å². The zero-order valence-corrected chi connectivity index (χ0v) is 11.9. The molecule has 0 aromatic carbocycles. The fourth-order valence-corrected chi connectivity index (χ4v) is 3.07. The first-order valence-electron chi connectivity index (χ1n) is 7.19. The van der Waals surface area contributed by atoms with Crippen molar-refractivity contribution in [3.05, 3.63) is 22.8 Å². The number of nitrogens with two attached hydrogens (primary N) is 1. The van der Waals surface area contributed by atoms with E-state index in [1.54, 1.807) is 0 Å². The van der Waals surface area contributed by atoms with Crippen LogP contribution in [0.1, 0.15) is 67.7 Å². The highest BCUT2D eigenvalue weighted by molar-refractivity contribution is 5.24. The maximum atomic E-state index is 5.74. The molecule has 2 N–H and O–H groups in total. The molecule has 0 saturated heterocycles. The molecule has 1 aliphatic carbocycles. The molecule has 3 nitrogen and oxygen atoms in total. The standard InChI is InChI=1S/C15H25N3/c1-4-12-5-7-13(8-6-12)15-17-10(2)14(9-16)11(3)18-15/h12-13H,4-9,16H2,1-3H3. The number of aryl methyl sites for hydroxylation is 2. The van der Waals surface area contributed by atoms with Crippen LogP contribution in [0, 0.1) is 19.8 Å². The molecular formula is C15H25N3. The Morgan fingerprint density at radius 2 is 1.61 bits per heavy atom. The fourth-order valence-electron chi connectivity index (χ4n) is 3.07. The molecular weight excluding hydrogens is 222 g/mol. The summed E-state index contributed by atoms with van der Waals surface area (Å²) in [5.41, 5.74) is 8.98. The minimum atomic E-state index is 0.542. The Morgan fingerprint density at radius 1 is 1.06 bits per heavy atom. The van der Waals surface area contributed by atoms with Gasteiger partial charge < -0.3 is 5.73 Å². The van der Waals surface area contributed by atoms with Crippen molar-refractivity contribution in [3.63, 3.8) is 0 Å². The monoisotopic (exact) mass is 247 g/mol. The summed E-state index contributed by atoms with van der Waals surface area (Å²) in [4.78, 5) is 9.38. The van der Waals surface area contributed by atoms with Gasteiger partial charge in [-0.25, -0.2) is 9.97 Å². The third-order valence-electron chi connectivity index (χ3n) is 4.43. The van der Waals surface area contributed by atoms with Gasteiger partial charge in [-0.1, -0.05) is 13.3 Å². The lowest BCUT2D eigenvalue weighted by Crippen LogP contribution is -2.17. The largest absolute Gasteiger partial charge is 0.326 e. The van der Waals surface area contributed by atoms with Gasteiger partial charge in [0.1, 0.15) is 5.82 Å². The van der Waals surface area contributed by atoms with Crippen LogP contribution < -0.4 is 5.73 Å². The highest BCUT2D eigenvalue weighted by Gasteiger charge is 2.24. The van der Waals surface area contributed by atoms with E-state index in [1.165, 1.54) is 32.1 Å². The van der Waals surface area contributed by atoms with E-state index in [0.29, 0.717) is 12.5 Å². The average molecular weight is 247 g/mol. The predicted molar refractivity (Wildman–Crippen MR) is 74.4 cm³/mol. The van der Waals surface area contributed by atoms with Gasteiger partial charge in [0, 0.05) is 29.4 Å². The van der Waals surface area contributed by atoms with Crippen molar-refractivity contribution >= 4 is 0 Å². The van der Waals surface area contributed by atoms with E-state index >= 15 is 0 Å². The Balaban J connectivity index is 2.15. The van der Waals surface area contributed by atoms with E-state index in [4.69, 9.17) is 5.73 Å². The van der Waals surface area contributed by atoms with Gasteiger partial charge in [-0.05, 0) is 45.4 Å². The normalized spacial score (nSPS) is 24.2. The second-order valence-electron chi connectivity index (χ2n) is 5.56. The Bertz CT molecular complexity index is 383. The predicted octanol–water partition coefficient (Wildman–Crippen LogP) is 3.24. The van der Waals surface area contributed by atoms with Gasteiger partial charge in [0.2, 0.25) is 0 Å². The van der Waals surface area contributed by atoms with Crippen LogP contribution in [-0.2, 0) is 6.54 Å². The van der Waals surface area contributed by atoms with Crippen LogP contribution in [0.3, 0.4) is 0 Å². The molecule has 1 fully saturated rings. The quantitative estimate of drug-likeness (QED) is 0.892. The zero-order valence-electron chi connectivity index (χ0n) is 11.9. The van der Waals surface area contributed by atoms with Crippen molar-refractivity contribution in [2.24, 2.45) is 11.7 Å². The number of nitrogens with zero attached hydrogens (tertiary/aromatic N) is 2.